The first-order valence-corrected chi connectivity index (χ1v) is 23.0. The van der Waals surface area contributed by atoms with E-state index in [1.807, 2.05) is 14.2 Å². The lowest BCUT2D eigenvalue weighted by Crippen LogP contribution is -2.37. The van der Waals surface area contributed by atoms with Crippen molar-refractivity contribution in [1.82, 2.24) is 0 Å². The van der Waals surface area contributed by atoms with E-state index in [1.54, 1.807) is 0 Å². The van der Waals surface area contributed by atoms with E-state index in [1.165, 1.54) is 133 Å². The molecule has 0 radical (unpaired) electrons. The van der Waals surface area contributed by atoms with Crippen LogP contribution in [0.5, 0.6) is 11.5 Å². The van der Waals surface area contributed by atoms with E-state index in [2.05, 4.69) is 134 Å². The monoisotopic (exact) mass is 783 g/mol. The van der Waals surface area contributed by atoms with Crippen LogP contribution in [0.1, 0.15) is 141 Å². The van der Waals surface area contributed by atoms with Gasteiger partial charge in [-0.3, -0.25) is 0 Å². The van der Waals surface area contributed by atoms with Gasteiger partial charge in [0.15, 0.2) is 0 Å². The van der Waals surface area contributed by atoms with Crippen LogP contribution in [0.4, 0.5) is 0 Å². The van der Waals surface area contributed by atoms with Crippen LogP contribution in [-0.2, 0) is 11.8 Å². The van der Waals surface area contributed by atoms with Gasteiger partial charge in [-0.25, -0.2) is 0 Å². The largest absolute Gasteiger partial charge is 0.496 e. The van der Waals surface area contributed by atoms with Crippen LogP contribution in [0.25, 0.3) is 59.9 Å². The highest BCUT2D eigenvalue weighted by molar-refractivity contribution is 6.25. The number of hydrogen-bond donors (Lipinski definition) is 0. The molecule has 0 spiro atoms. The molecule has 0 bridgehead atoms. The van der Waals surface area contributed by atoms with Crippen LogP contribution in [0, 0.1) is 28.6 Å². The van der Waals surface area contributed by atoms with E-state index in [0.717, 1.165) is 17.9 Å². The highest BCUT2D eigenvalue weighted by atomic mass is 16.5. The maximum Gasteiger partial charge on any atom is 0.127 e. The molecule has 306 valence electrons. The summed E-state index contributed by atoms with van der Waals surface area (Å²) in [5.41, 5.74) is 6.52. The molecule has 0 saturated heterocycles. The molecule has 0 heterocycles. The van der Waals surface area contributed by atoms with Crippen molar-refractivity contribution in [2.24, 2.45) is 28.6 Å². The van der Waals surface area contributed by atoms with Gasteiger partial charge in [0.05, 0.1) is 14.2 Å². The quantitative estimate of drug-likeness (QED) is 0.156. The van der Waals surface area contributed by atoms with E-state index < -0.39 is 0 Å². The minimum absolute atomic E-state index is 0.100. The van der Waals surface area contributed by atoms with Gasteiger partial charge in [-0.2, -0.15) is 0 Å². The second kappa shape index (κ2) is 13.9. The van der Waals surface area contributed by atoms with Gasteiger partial charge in [-0.1, -0.05) is 129 Å². The Balaban J connectivity index is 0.986. The van der Waals surface area contributed by atoms with Gasteiger partial charge in [-0.15, -0.1) is 0 Å². The van der Waals surface area contributed by atoms with Crippen LogP contribution >= 0.6 is 0 Å². The second-order valence-electron chi connectivity index (χ2n) is 22.0. The molecule has 2 heteroatoms. The van der Waals surface area contributed by atoms with Crippen molar-refractivity contribution in [2.75, 3.05) is 14.2 Å². The third-order valence-corrected chi connectivity index (χ3v) is 16.4. The Kier molecular flexibility index (Phi) is 9.14. The van der Waals surface area contributed by atoms with Crippen LogP contribution in [0.15, 0.2) is 72.8 Å². The maximum atomic E-state index is 6.23. The Morgan fingerprint density at radius 1 is 0.525 bits per heavy atom. The van der Waals surface area contributed by atoms with Crippen molar-refractivity contribution in [3.63, 3.8) is 0 Å². The summed E-state index contributed by atoms with van der Waals surface area (Å²) in [6, 6.07) is 28.9. The van der Waals surface area contributed by atoms with Crippen molar-refractivity contribution in [3.8, 4) is 11.5 Å². The molecule has 7 aromatic rings. The molecule has 0 N–H and O–H groups in total. The van der Waals surface area contributed by atoms with Gasteiger partial charge in [0, 0.05) is 21.5 Å². The molecule has 2 unspecified atom stereocenters. The van der Waals surface area contributed by atoms with Crippen LogP contribution in [-0.4, -0.2) is 14.2 Å². The standard InChI is InChI=1S/C57H66O2/c1-55(2,3)41-27-35-17-21-43-47(31-49(58-9)45-23-19-37(29-41)51(35)53(43)45)33-13-11-15-39(25-33)57(7,8)40-16-12-14-34(26-40)48-32-50(59-10)46-24-20-38-30-42(56(4,5)6)28-36-18-22-44(48)54(46)52(36)38/h17-24,27-29,31-34,39-40,42H,11-16,25-26,30H2,1-10H3/t33-,34?,39+,40-,42?/m0/s1. The fraction of sp³-hybridized carbons (Fsp3) is 0.474. The number of rotatable bonds is 6. The molecule has 2 nitrogen and oxygen atoms in total. The predicted molar refractivity (Wildman–Crippen MR) is 253 cm³/mol. The summed E-state index contributed by atoms with van der Waals surface area (Å²) in [7, 11) is 3.74. The molecule has 10 rings (SSSR count). The molecule has 0 aliphatic heterocycles. The summed E-state index contributed by atoms with van der Waals surface area (Å²) in [6.07, 6.45) is 14.0. The van der Waals surface area contributed by atoms with Crippen LogP contribution in [0.3, 0.4) is 0 Å². The fourth-order valence-electron chi connectivity index (χ4n) is 12.7. The van der Waals surface area contributed by atoms with Crippen LogP contribution in [0.2, 0.25) is 0 Å². The molecule has 0 aromatic heterocycles. The summed E-state index contributed by atoms with van der Waals surface area (Å²) < 4.78 is 12.5. The van der Waals surface area contributed by atoms with E-state index in [4.69, 9.17) is 9.47 Å². The molecule has 59 heavy (non-hydrogen) atoms. The van der Waals surface area contributed by atoms with Gasteiger partial charge in [-0.05, 0) is 169 Å². The first kappa shape index (κ1) is 38.9. The number of benzene rings is 7. The summed E-state index contributed by atoms with van der Waals surface area (Å²) >= 11 is 0. The lowest BCUT2D eigenvalue weighted by Gasteiger charge is -2.48. The highest BCUT2D eigenvalue weighted by Crippen LogP contribution is 2.56. The normalized spacial score (nSPS) is 23.1. The first-order chi connectivity index (χ1) is 28.1. The minimum Gasteiger partial charge on any atom is -0.496 e. The predicted octanol–water partition coefficient (Wildman–Crippen LogP) is 15.2. The Hall–Kier alpha value is -4.30. The molecule has 2 saturated carbocycles. The number of hydrogen-bond acceptors (Lipinski definition) is 2. The molecule has 7 aromatic carbocycles. The van der Waals surface area contributed by atoms with E-state index in [0.29, 0.717) is 29.6 Å². The average molecular weight is 783 g/mol. The lowest BCUT2D eigenvalue weighted by molar-refractivity contribution is 0.0480. The number of methoxy groups -OCH3 is 2. The molecule has 0 amide bonds. The van der Waals surface area contributed by atoms with Crippen molar-refractivity contribution < 1.29 is 9.47 Å². The Morgan fingerprint density at radius 2 is 1.03 bits per heavy atom. The number of ether oxygens (including phenoxy) is 2. The molecular formula is C57H66O2. The van der Waals surface area contributed by atoms with Gasteiger partial charge in [0.2, 0.25) is 0 Å². The zero-order valence-corrected chi connectivity index (χ0v) is 37.6. The lowest BCUT2D eigenvalue weighted by atomic mass is 9.57. The smallest absolute Gasteiger partial charge is 0.127 e. The van der Waals surface area contributed by atoms with Gasteiger partial charge < -0.3 is 9.47 Å². The van der Waals surface area contributed by atoms with E-state index in [9.17, 15) is 0 Å². The van der Waals surface area contributed by atoms with Gasteiger partial charge in [0.1, 0.15) is 11.5 Å². The Labute approximate surface area is 353 Å². The van der Waals surface area contributed by atoms with Gasteiger partial charge >= 0.3 is 0 Å². The van der Waals surface area contributed by atoms with Crippen LogP contribution < -0.4 is 14.7 Å². The Bertz CT molecular complexity index is 2790. The van der Waals surface area contributed by atoms with Crippen molar-refractivity contribution in [2.45, 2.75) is 130 Å². The van der Waals surface area contributed by atoms with Crippen molar-refractivity contribution in [1.29, 1.82) is 0 Å². The second-order valence-corrected chi connectivity index (χ2v) is 22.0. The first-order valence-electron chi connectivity index (χ1n) is 23.0. The fourth-order valence-corrected chi connectivity index (χ4v) is 12.7. The minimum atomic E-state index is 0.100. The maximum absolute atomic E-state index is 6.23. The zero-order chi connectivity index (χ0) is 41.2. The molecular weight excluding hydrogens is 717 g/mol. The summed E-state index contributed by atoms with van der Waals surface area (Å²) in [4.78, 5) is 0. The summed E-state index contributed by atoms with van der Waals surface area (Å²) in [5, 5.41) is 15.2. The zero-order valence-electron chi connectivity index (χ0n) is 37.6. The summed E-state index contributed by atoms with van der Waals surface area (Å²) in [6.45, 7) is 19.4. The van der Waals surface area contributed by atoms with Crippen molar-refractivity contribution >= 4 is 59.9 Å². The topological polar surface area (TPSA) is 18.5 Å². The van der Waals surface area contributed by atoms with E-state index in [-0.39, 0.29) is 16.2 Å². The molecule has 2 fully saturated rings. The van der Waals surface area contributed by atoms with Crippen molar-refractivity contribution in [3.05, 3.63) is 100 Å². The Morgan fingerprint density at radius 3 is 1.56 bits per heavy atom. The molecule has 5 atom stereocenters. The molecule has 3 aliphatic carbocycles. The van der Waals surface area contributed by atoms with E-state index >= 15 is 0 Å². The highest BCUT2D eigenvalue weighted by Gasteiger charge is 2.43. The average Bonchev–Trinajstić information content (AvgIpc) is 3.23. The third-order valence-electron chi connectivity index (χ3n) is 16.4. The van der Waals surface area contributed by atoms with Gasteiger partial charge in [0.25, 0.3) is 0 Å². The third kappa shape index (κ3) is 6.24. The summed E-state index contributed by atoms with van der Waals surface area (Å²) in [5.74, 6) is 5.05. The SMILES string of the molecule is COc1cc(C2CCC[C@H](C(C)(C)[C@@H]3CCC[C@H](c4cc(OC)c5ccc6cc(C(C)(C)C)cc7ccc4c5c67)C3)C2)c2ccc3c4c(ccc1c24)CC(C(C)(C)C)C=3. The molecule has 3 aliphatic rings.